The summed E-state index contributed by atoms with van der Waals surface area (Å²) in [6.45, 7) is 3.60. The van der Waals surface area contributed by atoms with E-state index >= 15 is 0 Å². The summed E-state index contributed by atoms with van der Waals surface area (Å²) in [7, 11) is 0. The largest absolute Gasteiger partial charge is 0.416 e. The molecule has 0 bridgehead atoms. The second-order valence-corrected chi connectivity index (χ2v) is 6.82. The van der Waals surface area contributed by atoms with Crippen LogP contribution in [0.4, 0.5) is 19.0 Å². The zero-order chi connectivity index (χ0) is 18.9. The maximum atomic E-state index is 12.8. The van der Waals surface area contributed by atoms with E-state index in [-0.39, 0.29) is 22.5 Å². The first kappa shape index (κ1) is 18.2. The standard InChI is InChI=1S/C16H14F3N5OS/c1-8-6-12(20)22-15(21-8)26-9(2)14-23-13(24-25-14)10-4-3-5-11(7-10)16(17,18)19/h3-7,9H,1-2H3,(H2,20,21,22). The van der Waals surface area contributed by atoms with Crippen LogP contribution >= 0.6 is 11.8 Å². The van der Waals surface area contributed by atoms with Crippen LogP contribution in [-0.4, -0.2) is 20.1 Å². The number of nitrogens with two attached hydrogens (primary N) is 1. The van der Waals surface area contributed by atoms with Gasteiger partial charge in [0.25, 0.3) is 0 Å². The van der Waals surface area contributed by atoms with Crippen molar-refractivity contribution in [1.82, 2.24) is 20.1 Å². The van der Waals surface area contributed by atoms with Gasteiger partial charge in [0.15, 0.2) is 5.16 Å². The Morgan fingerprint density at radius 2 is 1.92 bits per heavy atom. The average molecular weight is 381 g/mol. The van der Waals surface area contributed by atoms with Gasteiger partial charge in [0.05, 0.1) is 10.8 Å². The minimum absolute atomic E-state index is 0.0863. The van der Waals surface area contributed by atoms with E-state index in [1.54, 1.807) is 19.9 Å². The van der Waals surface area contributed by atoms with Crippen molar-refractivity contribution in [2.45, 2.75) is 30.4 Å². The van der Waals surface area contributed by atoms with Crippen molar-refractivity contribution in [3.8, 4) is 11.4 Å². The molecule has 10 heteroatoms. The molecule has 0 aliphatic carbocycles. The fourth-order valence-electron chi connectivity index (χ4n) is 2.18. The number of thioether (sulfide) groups is 1. The minimum atomic E-state index is -4.44. The third-order valence-electron chi connectivity index (χ3n) is 3.37. The molecule has 0 amide bonds. The quantitative estimate of drug-likeness (QED) is 0.532. The molecule has 0 fully saturated rings. The molecular formula is C16H14F3N5OS. The van der Waals surface area contributed by atoms with Crippen molar-refractivity contribution in [3.05, 3.63) is 47.5 Å². The van der Waals surface area contributed by atoms with Crippen LogP contribution in [0.15, 0.2) is 40.0 Å². The molecule has 1 atom stereocenters. The Kier molecular flexibility index (Phi) is 4.86. The smallest absolute Gasteiger partial charge is 0.384 e. The molecule has 2 N–H and O–H groups in total. The van der Waals surface area contributed by atoms with Crippen molar-refractivity contribution in [1.29, 1.82) is 0 Å². The first-order valence-corrected chi connectivity index (χ1v) is 8.39. The normalized spacial score (nSPS) is 13.0. The van der Waals surface area contributed by atoms with Crippen molar-refractivity contribution >= 4 is 17.6 Å². The zero-order valence-electron chi connectivity index (χ0n) is 13.8. The number of hydrogen-bond acceptors (Lipinski definition) is 7. The van der Waals surface area contributed by atoms with Gasteiger partial charge in [0, 0.05) is 17.3 Å². The Hall–Kier alpha value is -2.62. The Morgan fingerprint density at radius 1 is 1.15 bits per heavy atom. The second kappa shape index (κ2) is 6.94. The molecule has 3 aromatic rings. The van der Waals surface area contributed by atoms with E-state index in [0.717, 1.165) is 17.8 Å². The van der Waals surface area contributed by atoms with E-state index in [1.165, 1.54) is 23.9 Å². The van der Waals surface area contributed by atoms with E-state index < -0.39 is 11.7 Å². The van der Waals surface area contributed by atoms with Gasteiger partial charge in [0.1, 0.15) is 5.82 Å². The molecule has 0 spiro atoms. The zero-order valence-corrected chi connectivity index (χ0v) is 14.6. The van der Waals surface area contributed by atoms with Crippen LogP contribution in [0, 0.1) is 6.92 Å². The Morgan fingerprint density at radius 3 is 2.62 bits per heavy atom. The summed E-state index contributed by atoms with van der Waals surface area (Å²) < 4.78 is 43.7. The Balaban J connectivity index is 1.81. The summed E-state index contributed by atoms with van der Waals surface area (Å²) in [6, 6.07) is 6.41. The van der Waals surface area contributed by atoms with Crippen molar-refractivity contribution in [3.63, 3.8) is 0 Å². The number of aromatic nitrogens is 4. The molecule has 2 aromatic heterocycles. The van der Waals surface area contributed by atoms with Crippen LogP contribution < -0.4 is 5.73 Å². The van der Waals surface area contributed by atoms with Gasteiger partial charge >= 0.3 is 6.18 Å². The monoisotopic (exact) mass is 381 g/mol. The summed E-state index contributed by atoms with van der Waals surface area (Å²) >= 11 is 1.26. The summed E-state index contributed by atoms with van der Waals surface area (Å²) in [5, 5.41) is 3.93. The molecule has 3 rings (SSSR count). The number of nitrogens with zero attached hydrogens (tertiary/aromatic N) is 4. The fraction of sp³-hybridized carbons (Fsp3) is 0.250. The van der Waals surface area contributed by atoms with Crippen LogP contribution in [-0.2, 0) is 6.18 Å². The van der Waals surface area contributed by atoms with Gasteiger partial charge in [-0.15, -0.1) is 0 Å². The molecule has 0 radical (unpaired) electrons. The van der Waals surface area contributed by atoms with E-state index in [0.29, 0.717) is 11.0 Å². The van der Waals surface area contributed by atoms with Gasteiger partial charge in [-0.25, -0.2) is 9.97 Å². The highest BCUT2D eigenvalue weighted by Gasteiger charge is 2.31. The summed E-state index contributed by atoms with van der Waals surface area (Å²) in [4.78, 5) is 12.6. The maximum absolute atomic E-state index is 12.8. The molecule has 0 aliphatic rings. The Bertz CT molecular complexity index is 908. The molecule has 26 heavy (non-hydrogen) atoms. The lowest BCUT2D eigenvalue weighted by molar-refractivity contribution is -0.137. The number of rotatable bonds is 4. The lowest BCUT2D eigenvalue weighted by atomic mass is 10.1. The SMILES string of the molecule is Cc1cc(N)nc(SC(C)c2nc(-c3cccc(C(F)(F)F)c3)no2)n1. The minimum Gasteiger partial charge on any atom is -0.384 e. The molecule has 0 aliphatic heterocycles. The predicted molar refractivity (Wildman–Crippen MR) is 90.2 cm³/mol. The topological polar surface area (TPSA) is 90.7 Å². The van der Waals surface area contributed by atoms with E-state index in [4.69, 9.17) is 10.3 Å². The van der Waals surface area contributed by atoms with Crippen LogP contribution in [0.2, 0.25) is 0 Å². The van der Waals surface area contributed by atoms with Gasteiger partial charge in [-0.05, 0) is 26.0 Å². The molecule has 0 saturated carbocycles. The summed E-state index contributed by atoms with van der Waals surface area (Å²) in [6.07, 6.45) is -4.44. The molecule has 6 nitrogen and oxygen atoms in total. The second-order valence-electron chi connectivity index (χ2n) is 5.51. The molecule has 2 heterocycles. The number of aryl methyl sites for hydroxylation is 1. The van der Waals surface area contributed by atoms with Crippen LogP contribution in [0.5, 0.6) is 0 Å². The summed E-state index contributed by atoms with van der Waals surface area (Å²) in [5.41, 5.74) is 5.87. The van der Waals surface area contributed by atoms with E-state index in [9.17, 15) is 13.2 Å². The van der Waals surface area contributed by atoms with Gasteiger partial charge in [0.2, 0.25) is 11.7 Å². The van der Waals surface area contributed by atoms with Gasteiger partial charge in [-0.2, -0.15) is 18.2 Å². The number of alkyl halides is 3. The van der Waals surface area contributed by atoms with E-state index in [1.807, 2.05) is 0 Å². The average Bonchev–Trinajstić information content (AvgIpc) is 3.03. The van der Waals surface area contributed by atoms with Crippen LogP contribution in [0.1, 0.15) is 29.3 Å². The first-order chi connectivity index (χ1) is 12.2. The van der Waals surface area contributed by atoms with Crippen molar-refractivity contribution in [2.24, 2.45) is 0 Å². The van der Waals surface area contributed by atoms with Crippen molar-refractivity contribution < 1.29 is 17.7 Å². The lowest BCUT2D eigenvalue weighted by Gasteiger charge is -2.07. The number of hydrogen-bond donors (Lipinski definition) is 1. The maximum Gasteiger partial charge on any atom is 0.416 e. The molecule has 1 aromatic carbocycles. The van der Waals surface area contributed by atoms with Gasteiger partial charge in [-0.1, -0.05) is 29.1 Å². The number of anilines is 1. The third kappa shape index (κ3) is 4.13. The highest BCUT2D eigenvalue weighted by atomic mass is 32.2. The number of nitrogen functional groups attached to an aromatic ring is 1. The molecule has 0 saturated heterocycles. The number of benzene rings is 1. The molecule has 136 valence electrons. The van der Waals surface area contributed by atoms with Crippen molar-refractivity contribution in [2.75, 3.05) is 5.73 Å². The van der Waals surface area contributed by atoms with Crippen LogP contribution in [0.3, 0.4) is 0 Å². The lowest BCUT2D eigenvalue weighted by Crippen LogP contribution is -2.04. The van der Waals surface area contributed by atoms with Gasteiger partial charge in [-0.3, -0.25) is 0 Å². The Labute approximate surface area is 151 Å². The van der Waals surface area contributed by atoms with Crippen LogP contribution in [0.25, 0.3) is 11.4 Å². The fourth-order valence-corrected chi connectivity index (χ4v) is 3.05. The summed E-state index contributed by atoms with van der Waals surface area (Å²) in [5.74, 6) is 0.691. The highest BCUT2D eigenvalue weighted by molar-refractivity contribution is 7.99. The first-order valence-electron chi connectivity index (χ1n) is 7.51. The predicted octanol–water partition coefficient (Wildman–Crippen LogP) is 4.29. The molecule has 1 unspecified atom stereocenters. The number of halogens is 3. The highest BCUT2D eigenvalue weighted by Crippen LogP contribution is 2.34. The van der Waals surface area contributed by atoms with E-state index in [2.05, 4.69) is 20.1 Å². The molecular weight excluding hydrogens is 367 g/mol. The third-order valence-corrected chi connectivity index (χ3v) is 4.32. The van der Waals surface area contributed by atoms with Gasteiger partial charge < -0.3 is 10.3 Å².